The van der Waals surface area contributed by atoms with Crippen LogP contribution in [0.4, 0.5) is 0 Å². The summed E-state index contributed by atoms with van der Waals surface area (Å²) in [5.41, 5.74) is 6.10. The maximum atomic E-state index is 6.10. The van der Waals surface area contributed by atoms with Crippen molar-refractivity contribution in [2.45, 2.75) is 57.0 Å². The maximum Gasteiger partial charge on any atom is 0.0509 e. The van der Waals surface area contributed by atoms with E-state index in [9.17, 15) is 0 Å². The van der Waals surface area contributed by atoms with Gasteiger partial charge in [-0.1, -0.05) is 6.42 Å². The monoisotopic (exact) mass is 295 g/mol. The second-order valence-electron chi connectivity index (χ2n) is 7.14. The molecule has 4 nitrogen and oxygen atoms in total. The smallest absolute Gasteiger partial charge is 0.0509 e. The third-order valence-corrected chi connectivity index (χ3v) is 5.86. The molecule has 0 spiro atoms. The largest absolute Gasteiger partial charge is 0.381 e. The molecular weight excluding hydrogens is 262 g/mol. The normalized spacial score (nSPS) is 32.1. The van der Waals surface area contributed by atoms with Crippen LogP contribution in [0, 0.1) is 5.92 Å². The van der Waals surface area contributed by atoms with Crippen molar-refractivity contribution < 1.29 is 4.74 Å². The summed E-state index contributed by atoms with van der Waals surface area (Å²) >= 11 is 0. The van der Waals surface area contributed by atoms with Crippen LogP contribution in [0.1, 0.15) is 44.9 Å². The lowest BCUT2D eigenvalue weighted by molar-refractivity contribution is -0.00377. The Hall–Kier alpha value is -0.160. The van der Waals surface area contributed by atoms with Gasteiger partial charge in [-0.15, -0.1) is 0 Å². The van der Waals surface area contributed by atoms with Gasteiger partial charge in [-0.2, -0.15) is 0 Å². The molecule has 0 aliphatic carbocycles. The molecular formula is C17H33N3O. The Morgan fingerprint density at radius 3 is 2.33 bits per heavy atom. The molecule has 0 radical (unpaired) electrons. The number of ether oxygens (including phenoxy) is 1. The first-order valence-corrected chi connectivity index (χ1v) is 9.14. The van der Waals surface area contributed by atoms with E-state index >= 15 is 0 Å². The number of nitrogens with zero attached hydrogens (tertiary/aromatic N) is 2. The van der Waals surface area contributed by atoms with Gasteiger partial charge in [0.15, 0.2) is 0 Å². The minimum Gasteiger partial charge on any atom is -0.381 e. The number of hydrogen-bond donors (Lipinski definition) is 1. The molecule has 122 valence electrons. The summed E-state index contributed by atoms with van der Waals surface area (Å²) in [7, 11) is 0. The summed E-state index contributed by atoms with van der Waals surface area (Å²) in [4.78, 5) is 5.42. The van der Waals surface area contributed by atoms with Crippen molar-refractivity contribution in [3.05, 3.63) is 0 Å². The number of nitrogens with two attached hydrogens (primary N) is 1. The fourth-order valence-electron chi connectivity index (χ4n) is 4.57. The molecule has 0 aromatic rings. The molecule has 0 aromatic carbocycles. The van der Waals surface area contributed by atoms with Crippen molar-refractivity contribution in [3.8, 4) is 0 Å². The molecule has 0 aromatic heterocycles. The number of likely N-dealkylation sites (tertiary alicyclic amines) is 2. The Bertz CT molecular complexity index is 292. The number of hydrogen-bond acceptors (Lipinski definition) is 4. The van der Waals surface area contributed by atoms with Gasteiger partial charge in [0.2, 0.25) is 0 Å². The van der Waals surface area contributed by atoms with Crippen LogP contribution < -0.4 is 5.73 Å². The van der Waals surface area contributed by atoms with Crippen molar-refractivity contribution in [1.82, 2.24) is 9.80 Å². The van der Waals surface area contributed by atoms with Crippen molar-refractivity contribution in [3.63, 3.8) is 0 Å². The zero-order chi connectivity index (χ0) is 14.5. The lowest BCUT2D eigenvalue weighted by Gasteiger charge is -2.44. The van der Waals surface area contributed by atoms with E-state index in [4.69, 9.17) is 10.5 Å². The second-order valence-corrected chi connectivity index (χ2v) is 7.14. The average Bonchev–Trinajstić information content (AvgIpc) is 2.58. The zero-order valence-corrected chi connectivity index (χ0v) is 13.5. The van der Waals surface area contributed by atoms with Crippen LogP contribution in [0.15, 0.2) is 0 Å². The molecule has 0 amide bonds. The molecule has 3 aliphatic rings. The zero-order valence-electron chi connectivity index (χ0n) is 13.5. The van der Waals surface area contributed by atoms with Crippen molar-refractivity contribution in [2.75, 3.05) is 45.9 Å². The summed E-state index contributed by atoms with van der Waals surface area (Å²) in [5, 5.41) is 0. The molecule has 3 aliphatic heterocycles. The van der Waals surface area contributed by atoms with Crippen molar-refractivity contribution in [1.29, 1.82) is 0 Å². The molecule has 2 N–H and O–H groups in total. The molecule has 3 fully saturated rings. The van der Waals surface area contributed by atoms with Gasteiger partial charge in [-0.25, -0.2) is 0 Å². The van der Waals surface area contributed by atoms with E-state index in [1.54, 1.807) is 0 Å². The van der Waals surface area contributed by atoms with E-state index < -0.39 is 0 Å². The van der Waals surface area contributed by atoms with E-state index in [2.05, 4.69) is 9.80 Å². The fourth-order valence-corrected chi connectivity index (χ4v) is 4.57. The lowest BCUT2D eigenvalue weighted by atomic mass is 9.90. The van der Waals surface area contributed by atoms with Gasteiger partial charge in [0.1, 0.15) is 0 Å². The Balaban J connectivity index is 1.49. The van der Waals surface area contributed by atoms with Gasteiger partial charge < -0.3 is 15.4 Å². The quantitative estimate of drug-likeness (QED) is 0.857. The Morgan fingerprint density at radius 2 is 1.71 bits per heavy atom. The standard InChI is InChI=1S/C17H33N3O/c18-13-17(15-5-4-12-21-14-15)20-10-6-16(7-11-20)19-8-2-1-3-9-19/h15-17H,1-14,18H2. The van der Waals surface area contributed by atoms with Gasteiger partial charge >= 0.3 is 0 Å². The van der Waals surface area contributed by atoms with Gasteiger partial charge in [0.05, 0.1) is 6.61 Å². The van der Waals surface area contributed by atoms with E-state index in [1.807, 2.05) is 0 Å². The highest BCUT2D eigenvalue weighted by atomic mass is 16.5. The minimum atomic E-state index is 0.549. The number of piperidine rings is 2. The van der Waals surface area contributed by atoms with Gasteiger partial charge in [-0.05, 0) is 70.6 Å². The molecule has 3 heterocycles. The number of rotatable bonds is 4. The molecule has 2 atom stereocenters. The molecule has 21 heavy (non-hydrogen) atoms. The first-order valence-electron chi connectivity index (χ1n) is 9.14. The van der Waals surface area contributed by atoms with E-state index in [-0.39, 0.29) is 0 Å². The van der Waals surface area contributed by atoms with Gasteiger partial charge in [-0.3, -0.25) is 4.90 Å². The Morgan fingerprint density at radius 1 is 0.952 bits per heavy atom. The molecule has 0 bridgehead atoms. The van der Waals surface area contributed by atoms with Crippen molar-refractivity contribution in [2.24, 2.45) is 11.7 Å². The van der Waals surface area contributed by atoms with Gasteiger partial charge in [0, 0.05) is 25.2 Å². The predicted octanol–water partition coefficient (Wildman–Crippen LogP) is 1.69. The van der Waals surface area contributed by atoms with Crippen LogP contribution in [0.2, 0.25) is 0 Å². The van der Waals surface area contributed by atoms with E-state index in [0.29, 0.717) is 12.0 Å². The first kappa shape index (κ1) is 15.7. The average molecular weight is 295 g/mol. The topological polar surface area (TPSA) is 41.7 Å². The third kappa shape index (κ3) is 3.98. The van der Waals surface area contributed by atoms with Crippen LogP contribution in [0.25, 0.3) is 0 Å². The molecule has 2 unspecified atom stereocenters. The predicted molar refractivity (Wildman–Crippen MR) is 86.4 cm³/mol. The van der Waals surface area contributed by atoms with Crippen LogP contribution in [-0.4, -0.2) is 67.8 Å². The Labute approximate surface area is 130 Å². The van der Waals surface area contributed by atoms with Crippen LogP contribution >= 0.6 is 0 Å². The molecule has 4 heteroatoms. The highest BCUT2D eigenvalue weighted by molar-refractivity contribution is 4.88. The highest BCUT2D eigenvalue weighted by Crippen LogP contribution is 2.26. The third-order valence-electron chi connectivity index (χ3n) is 5.86. The molecule has 3 rings (SSSR count). The fraction of sp³-hybridized carbons (Fsp3) is 1.00. The highest BCUT2D eigenvalue weighted by Gasteiger charge is 2.32. The summed E-state index contributed by atoms with van der Waals surface area (Å²) in [5.74, 6) is 0.662. The maximum absolute atomic E-state index is 6.10. The van der Waals surface area contributed by atoms with E-state index in [0.717, 1.165) is 25.8 Å². The molecule has 3 saturated heterocycles. The van der Waals surface area contributed by atoms with Crippen molar-refractivity contribution >= 4 is 0 Å². The Kier molecular flexibility index (Phi) is 5.92. The summed E-state index contributed by atoms with van der Waals surface area (Å²) in [6.45, 7) is 7.81. The minimum absolute atomic E-state index is 0.549. The lowest BCUT2D eigenvalue weighted by Crippen LogP contribution is -2.54. The first-order chi connectivity index (χ1) is 10.4. The van der Waals surface area contributed by atoms with Gasteiger partial charge in [0.25, 0.3) is 0 Å². The molecule has 0 saturated carbocycles. The van der Waals surface area contributed by atoms with E-state index in [1.165, 1.54) is 71.1 Å². The summed E-state index contributed by atoms with van der Waals surface area (Å²) in [6.07, 6.45) is 9.44. The summed E-state index contributed by atoms with van der Waals surface area (Å²) < 4.78 is 5.68. The van der Waals surface area contributed by atoms with Crippen LogP contribution in [0.3, 0.4) is 0 Å². The van der Waals surface area contributed by atoms with Crippen LogP contribution in [-0.2, 0) is 4.74 Å². The summed E-state index contributed by atoms with van der Waals surface area (Å²) in [6, 6.07) is 1.38. The second kappa shape index (κ2) is 7.91. The SMILES string of the molecule is NCC(C1CCCOC1)N1CCC(N2CCCCC2)CC1. The van der Waals surface area contributed by atoms with Crippen LogP contribution in [0.5, 0.6) is 0 Å².